The summed E-state index contributed by atoms with van der Waals surface area (Å²) in [6.07, 6.45) is 0. The first-order valence-corrected chi connectivity index (χ1v) is 9.98. The molecule has 28 heavy (non-hydrogen) atoms. The summed E-state index contributed by atoms with van der Waals surface area (Å²) in [6, 6.07) is 8.94. The van der Waals surface area contributed by atoms with E-state index in [1.807, 2.05) is 17.7 Å². The van der Waals surface area contributed by atoms with Crippen molar-refractivity contribution in [1.82, 2.24) is 9.55 Å². The Morgan fingerprint density at radius 1 is 1.18 bits per heavy atom. The summed E-state index contributed by atoms with van der Waals surface area (Å²) in [6.45, 7) is 6.22. The smallest absolute Gasteiger partial charge is 0.294 e. The second kappa shape index (κ2) is 6.57. The van der Waals surface area contributed by atoms with Crippen molar-refractivity contribution in [1.29, 1.82) is 0 Å². The van der Waals surface area contributed by atoms with Crippen LogP contribution in [0.15, 0.2) is 41.3 Å². The average molecular weight is 403 g/mol. The molecule has 10 heteroatoms. The highest BCUT2D eigenvalue weighted by atomic mass is 32.2. The molecule has 0 aliphatic heterocycles. The topological polar surface area (TPSA) is 133 Å². The van der Waals surface area contributed by atoms with Gasteiger partial charge >= 0.3 is 0 Å². The van der Waals surface area contributed by atoms with Crippen LogP contribution in [0.2, 0.25) is 0 Å². The lowest BCUT2D eigenvalue weighted by molar-refractivity contribution is -0.384. The number of nitrogens with one attached hydrogen (secondary N) is 1. The summed E-state index contributed by atoms with van der Waals surface area (Å²) >= 11 is 0. The van der Waals surface area contributed by atoms with E-state index in [-0.39, 0.29) is 21.7 Å². The summed E-state index contributed by atoms with van der Waals surface area (Å²) in [5.41, 5.74) is 1.92. The van der Waals surface area contributed by atoms with Gasteiger partial charge in [-0.1, -0.05) is 20.8 Å². The van der Waals surface area contributed by atoms with Crippen molar-refractivity contribution < 1.29 is 13.3 Å². The molecular weight excluding hydrogens is 382 g/mol. The maximum Gasteiger partial charge on any atom is 0.294 e. The number of imidazole rings is 1. The van der Waals surface area contributed by atoms with E-state index in [1.165, 1.54) is 12.1 Å². The molecule has 1 heterocycles. The van der Waals surface area contributed by atoms with E-state index in [0.29, 0.717) is 5.69 Å². The molecule has 0 atom stereocenters. The first kappa shape index (κ1) is 19.8. The number of rotatable bonds is 4. The standard InChI is InChI=1S/C18H21N5O4S/c1-18(2,3)17-21-14-9-11(5-8-15(14)22(17)4)20-13-7-6-12(28(19,26)27)10-16(13)23(24)25/h5-10,20H,1-4H3,(H2,19,26,27). The Hall–Kier alpha value is -2.98. The highest BCUT2D eigenvalue weighted by Gasteiger charge is 2.22. The first-order chi connectivity index (χ1) is 12.9. The normalized spacial score (nSPS) is 12.3. The Morgan fingerprint density at radius 2 is 1.86 bits per heavy atom. The molecule has 0 saturated carbocycles. The molecule has 0 aliphatic rings. The fourth-order valence-corrected chi connectivity index (χ4v) is 3.58. The van der Waals surface area contributed by atoms with Crippen LogP contribution in [0, 0.1) is 10.1 Å². The predicted octanol–water partition coefficient (Wildman–Crippen LogP) is 3.17. The van der Waals surface area contributed by atoms with Crippen LogP contribution in [-0.2, 0) is 22.5 Å². The van der Waals surface area contributed by atoms with Crippen LogP contribution in [-0.4, -0.2) is 22.9 Å². The van der Waals surface area contributed by atoms with Crippen LogP contribution >= 0.6 is 0 Å². The van der Waals surface area contributed by atoms with Gasteiger partial charge in [-0.15, -0.1) is 0 Å². The van der Waals surface area contributed by atoms with Gasteiger partial charge in [0.05, 0.1) is 20.9 Å². The molecule has 0 spiro atoms. The number of benzene rings is 2. The fraction of sp³-hybridized carbons (Fsp3) is 0.278. The van der Waals surface area contributed by atoms with E-state index in [4.69, 9.17) is 5.14 Å². The zero-order valence-corrected chi connectivity index (χ0v) is 16.7. The van der Waals surface area contributed by atoms with Gasteiger partial charge in [0.1, 0.15) is 11.5 Å². The van der Waals surface area contributed by atoms with Gasteiger partial charge in [-0.3, -0.25) is 10.1 Å². The van der Waals surface area contributed by atoms with Crippen LogP contribution in [0.3, 0.4) is 0 Å². The molecule has 0 radical (unpaired) electrons. The molecule has 0 fully saturated rings. The maximum absolute atomic E-state index is 11.5. The van der Waals surface area contributed by atoms with E-state index in [9.17, 15) is 18.5 Å². The van der Waals surface area contributed by atoms with Crippen LogP contribution in [0.5, 0.6) is 0 Å². The number of anilines is 2. The van der Waals surface area contributed by atoms with Gasteiger partial charge < -0.3 is 9.88 Å². The monoisotopic (exact) mass is 403 g/mol. The fourth-order valence-electron chi connectivity index (χ4n) is 3.05. The van der Waals surface area contributed by atoms with Crippen LogP contribution in [0.1, 0.15) is 26.6 Å². The minimum absolute atomic E-state index is 0.135. The highest BCUT2D eigenvalue weighted by Crippen LogP contribution is 2.32. The number of aryl methyl sites for hydroxylation is 1. The summed E-state index contributed by atoms with van der Waals surface area (Å²) in [5, 5.41) is 19.4. The van der Waals surface area contributed by atoms with Gasteiger partial charge in [0.25, 0.3) is 5.69 Å². The maximum atomic E-state index is 11.5. The Kier molecular flexibility index (Phi) is 4.64. The van der Waals surface area contributed by atoms with E-state index in [1.54, 1.807) is 12.1 Å². The number of nitro benzene ring substituents is 1. The van der Waals surface area contributed by atoms with Crippen molar-refractivity contribution in [2.75, 3.05) is 5.32 Å². The third-order valence-electron chi connectivity index (χ3n) is 4.33. The summed E-state index contributed by atoms with van der Waals surface area (Å²) < 4.78 is 24.9. The van der Waals surface area contributed by atoms with Crippen LogP contribution in [0.4, 0.5) is 17.1 Å². The highest BCUT2D eigenvalue weighted by molar-refractivity contribution is 7.89. The van der Waals surface area contributed by atoms with Crippen molar-refractivity contribution in [3.63, 3.8) is 0 Å². The Bertz CT molecular complexity index is 1190. The number of aromatic nitrogens is 2. The first-order valence-electron chi connectivity index (χ1n) is 8.43. The lowest BCUT2D eigenvalue weighted by atomic mass is 9.96. The number of nitrogens with zero attached hydrogens (tertiary/aromatic N) is 3. The molecule has 3 rings (SSSR count). The van der Waals surface area contributed by atoms with Crippen molar-refractivity contribution in [2.24, 2.45) is 12.2 Å². The summed E-state index contributed by atoms with van der Waals surface area (Å²) in [7, 11) is -2.09. The van der Waals surface area contributed by atoms with E-state index < -0.39 is 14.9 Å². The number of sulfonamides is 1. The minimum Gasteiger partial charge on any atom is -0.350 e. The number of hydrogen-bond acceptors (Lipinski definition) is 6. The molecule has 2 aromatic carbocycles. The van der Waals surface area contributed by atoms with E-state index in [0.717, 1.165) is 22.9 Å². The second-order valence-electron chi connectivity index (χ2n) is 7.55. The van der Waals surface area contributed by atoms with Gasteiger partial charge in [-0.2, -0.15) is 0 Å². The minimum atomic E-state index is -4.04. The SMILES string of the molecule is Cn1c(C(C)(C)C)nc2cc(Nc3ccc(S(N)(=O)=O)cc3[N+](=O)[O-])ccc21. The second-order valence-corrected chi connectivity index (χ2v) is 9.12. The molecule has 0 bridgehead atoms. The predicted molar refractivity (Wildman–Crippen MR) is 107 cm³/mol. The number of nitro groups is 1. The zero-order chi connectivity index (χ0) is 20.9. The number of fused-ring (bicyclic) bond motifs is 1. The van der Waals surface area contributed by atoms with Gasteiger partial charge in [0.15, 0.2) is 0 Å². The average Bonchev–Trinajstić information content (AvgIpc) is 2.90. The van der Waals surface area contributed by atoms with Crippen molar-refractivity contribution >= 4 is 38.1 Å². The molecule has 3 N–H and O–H groups in total. The third kappa shape index (κ3) is 3.69. The molecule has 0 amide bonds. The molecule has 0 saturated heterocycles. The summed E-state index contributed by atoms with van der Waals surface area (Å²) in [4.78, 5) is 15.1. The number of hydrogen-bond donors (Lipinski definition) is 2. The number of nitrogens with two attached hydrogens (primary N) is 1. The van der Waals surface area contributed by atoms with Crippen molar-refractivity contribution in [3.05, 3.63) is 52.3 Å². The Balaban J connectivity index is 2.04. The summed E-state index contributed by atoms with van der Waals surface area (Å²) in [5.74, 6) is 0.920. The van der Waals surface area contributed by atoms with Gasteiger partial charge in [0.2, 0.25) is 10.0 Å². The molecule has 148 valence electrons. The van der Waals surface area contributed by atoms with E-state index in [2.05, 4.69) is 31.1 Å². The molecular formula is C18H21N5O4S. The van der Waals surface area contributed by atoms with Crippen LogP contribution < -0.4 is 10.5 Å². The lowest BCUT2D eigenvalue weighted by Crippen LogP contribution is -2.17. The van der Waals surface area contributed by atoms with Crippen molar-refractivity contribution in [2.45, 2.75) is 31.1 Å². The molecule has 9 nitrogen and oxygen atoms in total. The Morgan fingerprint density at radius 3 is 2.43 bits per heavy atom. The largest absolute Gasteiger partial charge is 0.350 e. The van der Waals surface area contributed by atoms with Crippen molar-refractivity contribution in [3.8, 4) is 0 Å². The third-order valence-corrected chi connectivity index (χ3v) is 5.24. The lowest BCUT2D eigenvalue weighted by Gasteiger charge is -2.17. The van der Waals surface area contributed by atoms with Gasteiger partial charge in [-0.05, 0) is 30.3 Å². The van der Waals surface area contributed by atoms with Gasteiger partial charge in [-0.25, -0.2) is 18.5 Å². The van der Waals surface area contributed by atoms with E-state index >= 15 is 0 Å². The van der Waals surface area contributed by atoms with Gasteiger partial charge in [0, 0.05) is 24.2 Å². The molecule has 0 aliphatic carbocycles. The molecule has 3 aromatic rings. The molecule has 1 aromatic heterocycles. The molecule has 0 unspecified atom stereocenters. The zero-order valence-electron chi connectivity index (χ0n) is 15.9. The quantitative estimate of drug-likeness (QED) is 0.508. The number of primary sulfonamides is 1. The Labute approximate surface area is 162 Å². The van der Waals surface area contributed by atoms with Crippen LogP contribution in [0.25, 0.3) is 11.0 Å².